The molecular formula is C31H28N2O4. The fourth-order valence-electron chi connectivity index (χ4n) is 5.73. The number of benzene rings is 3. The number of hydrogen-bond acceptors (Lipinski definition) is 5. The lowest BCUT2D eigenvalue weighted by atomic mass is 9.95. The van der Waals surface area contributed by atoms with E-state index in [2.05, 4.69) is 17.0 Å². The Hall–Kier alpha value is -4.16. The summed E-state index contributed by atoms with van der Waals surface area (Å²) in [6, 6.07) is 26.2. The molecule has 6 nitrogen and oxygen atoms in total. The normalized spacial score (nSPS) is 20.6. The molecule has 1 N–H and O–H groups in total. The molecule has 6 rings (SSSR count). The minimum absolute atomic E-state index is 0.0861. The van der Waals surface area contributed by atoms with Gasteiger partial charge in [0, 0.05) is 31.2 Å². The van der Waals surface area contributed by atoms with Gasteiger partial charge in [-0.2, -0.15) is 0 Å². The molecular weight excluding hydrogens is 464 g/mol. The first-order valence-corrected chi connectivity index (χ1v) is 12.7. The van der Waals surface area contributed by atoms with Gasteiger partial charge in [0.05, 0.1) is 11.8 Å². The minimum atomic E-state index is -0.764. The lowest BCUT2D eigenvalue weighted by Gasteiger charge is -2.38. The lowest BCUT2D eigenvalue weighted by Crippen LogP contribution is -2.46. The third-order valence-electron chi connectivity index (χ3n) is 7.54. The number of rotatable bonds is 5. The highest BCUT2D eigenvalue weighted by Gasteiger charge is 2.50. The number of likely N-dealkylation sites (tertiary alicyclic amines) is 2. The first kappa shape index (κ1) is 23.3. The Balaban J connectivity index is 1.34. The van der Waals surface area contributed by atoms with E-state index in [4.69, 9.17) is 4.42 Å². The molecule has 0 spiro atoms. The molecule has 6 heteroatoms. The van der Waals surface area contributed by atoms with Gasteiger partial charge in [-0.05, 0) is 41.3 Å². The van der Waals surface area contributed by atoms with Crippen molar-refractivity contribution in [3.8, 4) is 0 Å². The molecule has 2 fully saturated rings. The number of aliphatic hydroxyl groups is 1. The molecule has 0 bridgehead atoms. The molecule has 0 radical (unpaired) electrons. The van der Waals surface area contributed by atoms with Gasteiger partial charge in [-0.15, -0.1) is 0 Å². The number of piperidine rings is 1. The summed E-state index contributed by atoms with van der Waals surface area (Å²) in [5, 5.41) is 13.3. The standard InChI is InChI=1S/C31H28N2O4/c34-29(25-13-6-11-22-10-4-5-12-24(22)25)27-28(26-14-7-19-37-26)33(31(36)30(27)35)23-15-17-32(18-16-23)20-21-8-2-1-3-9-21/h1-14,19,23,28,34H,15-18,20H2/b29-27-. The zero-order valence-electron chi connectivity index (χ0n) is 20.4. The summed E-state index contributed by atoms with van der Waals surface area (Å²) in [5.41, 5.74) is 1.88. The quantitative estimate of drug-likeness (QED) is 0.226. The average Bonchev–Trinajstić information content (AvgIpc) is 3.56. The summed E-state index contributed by atoms with van der Waals surface area (Å²) < 4.78 is 5.74. The number of carbonyl (C=O) groups excluding carboxylic acids is 2. The highest BCUT2D eigenvalue weighted by molar-refractivity contribution is 6.46. The van der Waals surface area contributed by atoms with E-state index >= 15 is 0 Å². The number of ketones is 1. The second-order valence-electron chi connectivity index (χ2n) is 9.74. The van der Waals surface area contributed by atoms with Crippen molar-refractivity contribution in [2.45, 2.75) is 31.5 Å². The van der Waals surface area contributed by atoms with Crippen molar-refractivity contribution in [3.63, 3.8) is 0 Å². The van der Waals surface area contributed by atoms with Gasteiger partial charge in [-0.25, -0.2) is 0 Å². The van der Waals surface area contributed by atoms with Crippen LogP contribution < -0.4 is 0 Å². The molecule has 0 aliphatic carbocycles. The van der Waals surface area contributed by atoms with Crippen molar-refractivity contribution in [1.82, 2.24) is 9.80 Å². The highest BCUT2D eigenvalue weighted by Crippen LogP contribution is 2.43. The van der Waals surface area contributed by atoms with Crippen LogP contribution >= 0.6 is 0 Å². The predicted octanol–water partition coefficient (Wildman–Crippen LogP) is 5.52. The van der Waals surface area contributed by atoms with E-state index in [1.165, 1.54) is 11.8 Å². The van der Waals surface area contributed by atoms with E-state index in [-0.39, 0.29) is 17.4 Å². The molecule has 1 unspecified atom stereocenters. The average molecular weight is 493 g/mol. The summed E-state index contributed by atoms with van der Waals surface area (Å²) in [4.78, 5) is 31.0. The van der Waals surface area contributed by atoms with Crippen LogP contribution in [0.5, 0.6) is 0 Å². The Kier molecular flexibility index (Phi) is 6.10. The molecule has 37 heavy (non-hydrogen) atoms. The summed E-state index contributed by atoms with van der Waals surface area (Å²) in [7, 11) is 0. The number of Topliss-reactive ketones (excluding diaryl/α,β-unsaturated/α-hetero) is 1. The van der Waals surface area contributed by atoms with Crippen LogP contribution in [0, 0.1) is 0 Å². The summed E-state index contributed by atoms with van der Waals surface area (Å²) in [6.45, 7) is 2.49. The van der Waals surface area contributed by atoms with Crippen LogP contribution in [0.2, 0.25) is 0 Å². The number of fused-ring (bicyclic) bond motifs is 1. The zero-order valence-corrected chi connectivity index (χ0v) is 20.4. The van der Waals surface area contributed by atoms with Crippen molar-refractivity contribution >= 4 is 28.2 Å². The van der Waals surface area contributed by atoms with Crippen LogP contribution in [0.1, 0.15) is 35.8 Å². The summed E-state index contributed by atoms with van der Waals surface area (Å²) in [6.07, 6.45) is 3.02. The SMILES string of the molecule is O=C1C(=O)N(C2CCN(Cc3ccccc3)CC2)C(c2ccco2)/C1=C(/O)c1cccc2ccccc12. The van der Waals surface area contributed by atoms with E-state index in [1.807, 2.05) is 54.6 Å². The highest BCUT2D eigenvalue weighted by atomic mass is 16.3. The molecule has 186 valence electrons. The van der Waals surface area contributed by atoms with E-state index < -0.39 is 17.7 Å². The Labute approximate surface area is 215 Å². The Morgan fingerprint density at radius 1 is 0.865 bits per heavy atom. The van der Waals surface area contributed by atoms with Crippen LogP contribution in [0.3, 0.4) is 0 Å². The van der Waals surface area contributed by atoms with Gasteiger partial charge in [0.1, 0.15) is 17.6 Å². The fraction of sp³-hybridized carbons (Fsp3) is 0.226. The molecule has 3 heterocycles. The van der Waals surface area contributed by atoms with Crippen LogP contribution in [-0.2, 0) is 16.1 Å². The Morgan fingerprint density at radius 2 is 1.59 bits per heavy atom. The largest absolute Gasteiger partial charge is 0.507 e. The molecule has 1 atom stereocenters. The maximum atomic E-state index is 13.5. The van der Waals surface area contributed by atoms with Crippen LogP contribution in [0.15, 0.2) is 101 Å². The van der Waals surface area contributed by atoms with E-state index in [1.54, 1.807) is 23.1 Å². The molecule has 1 aromatic heterocycles. The summed E-state index contributed by atoms with van der Waals surface area (Å²) in [5.74, 6) is -0.934. The number of amides is 1. The van der Waals surface area contributed by atoms with Gasteiger partial charge in [-0.3, -0.25) is 14.5 Å². The molecule has 1 amide bonds. The van der Waals surface area contributed by atoms with Crippen molar-refractivity contribution in [1.29, 1.82) is 0 Å². The third kappa shape index (κ3) is 4.23. The van der Waals surface area contributed by atoms with Crippen LogP contribution in [0.4, 0.5) is 0 Å². The van der Waals surface area contributed by atoms with E-state index in [9.17, 15) is 14.7 Å². The van der Waals surface area contributed by atoms with Crippen molar-refractivity contribution in [2.75, 3.05) is 13.1 Å². The fourth-order valence-corrected chi connectivity index (χ4v) is 5.73. The van der Waals surface area contributed by atoms with Gasteiger partial charge in [-0.1, -0.05) is 72.8 Å². The maximum Gasteiger partial charge on any atom is 0.296 e. The molecule has 0 saturated carbocycles. The van der Waals surface area contributed by atoms with E-state index in [0.717, 1.165) is 43.2 Å². The second-order valence-corrected chi connectivity index (χ2v) is 9.74. The van der Waals surface area contributed by atoms with Crippen molar-refractivity contribution in [3.05, 3.63) is 114 Å². The first-order chi connectivity index (χ1) is 18.1. The monoisotopic (exact) mass is 492 g/mol. The Morgan fingerprint density at radius 3 is 2.35 bits per heavy atom. The molecule has 4 aromatic rings. The smallest absolute Gasteiger partial charge is 0.296 e. The van der Waals surface area contributed by atoms with Gasteiger partial charge >= 0.3 is 0 Å². The minimum Gasteiger partial charge on any atom is -0.507 e. The second kappa shape index (κ2) is 9.71. The number of nitrogens with zero attached hydrogens (tertiary/aromatic N) is 2. The predicted molar refractivity (Wildman–Crippen MR) is 142 cm³/mol. The number of carbonyl (C=O) groups is 2. The Bertz CT molecular complexity index is 1460. The third-order valence-corrected chi connectivity index (χ3v) is 7.54. The van der Waals surface area contributed by atoms with Gasteiger partial charge in [0.15, 0.2) is 0 Å². The number of aliphatic hydroxyl groups excluding tert-OH is 1. The van der Waals surface area contributed by atoms with Crippen molar-refractivity contribution in [2.24, 2.45) is 0 Å². The topological polar surface area (TPSA) is 74.0 Å². The van der Waals surface area contributed by atoms with Gasteiger partial charge in [0.25, 0.3) is 11.7 Å². The molecule has 2 aliphatic rings. The van der Waals surface area contributed by atoms with Gasteiger partial charge < -0.3 is 14.4 Å². The number of hydrogen-bond donors (Lipinski definition) is 1. The molecule has 3 aromatic carbocycles. The molecule has 2 aliphatic heterocycles. The van der Waals surface area contributed by atoms with Crippen LogP contribution in [0.25, 0.3) is 16.5 Å². The van der Waals surface area contributed by atoms with Gasteiger partial charge in [0.2, 0.25) is 0 Å². The zero-order chi connectivity index (χ0) is 25.4. The first-order valence-electron chi connectivity index (χ1n) is 12.7. The molecule has 2 saturated heterocycles. The maximum absolute atomic E-state index is 13.5. The number of furan rings is 1. The summed E-state index contributed by atoms with van der Waals surface area (Å²) >= 11 is 0. The van der Waals surface area contributed by atoms with Crippen molar-refractivity contribution < 1.29 is 19.1 Å². The van der Waals surface area contributed by atoms with Crippen LogP contribution in [-0.4, -0.2) is 45.7 Å². The van der Waals surface area contributed by atoms with E-state index in [0.29, 0.717) is 11.3 Å². The lowest BCUT2D eigenvalue weighted by molar-refractivity contribution is -0.142.